The van der Waals surface area contributed by atoms with Crippen molar-refractivity contribution in [3.05, 3.63) is 58.1 Å². The van der Waals surface area contributed by atoms with Crippen LogP contribution in [0.5, 0.6) is 5.75 Å². The summed E-state index contributed by atoms with van der Waals surface area (Å²) in [5, 5.41) is 0. The summed E-state index contributed by atoms with van der Waals surface area (Å²) in [6.45, 7) is 0.123. The first-order valence-corrected chi connectivity index (χ1v) is 5.97. The normalized spacial score (nSPS) is 10.4. The Kier molecular flexibility index (Phi) is 3.81. The van der Waals surface area contributed by atoms with E-state index in [0.717, 1.165) is 28.2 Å². The fourth-order valence-electron chi connectivity index (χ4n) is 1.43. The lowest BCUT2D eigenvalue weighted by Gasteiger charge is -2.08. The van der Waals surface area contributed by atoms with Gasteiger partial charge in [-0.15, -0.1) is 0 Å². The van der Waals surface area contributed by atoms with Gasteiger partial charge in [0.2, 0.25) is 0 Å². The highest BCUT2D eigenvalue weighted by Crippen LogP contribution is 2.23. The minimum atomic E-state index is -0.596. The van der Waals surface area contributed by atoms with Crippen molar-refractivity contribution in [1.29, 1.82) is 0 Å². The van der Waals surface area contributed by atoms with Crippen LogP contribution in [0, 0.1) is 11.6 Å². The van der Waals surface area contributed by atoms with E-state index in [2.05, 4.69) is 15.9 Å². The van der Waals surface area contributed by atoms with Gasteiger partial charge in [-0.1, -0.05) is 6.07 Å². The summed E-state index contributed by atoms with van der Waals surface area (Å²) in [5.41, 5.74) is 7.05. The zero-order valence-electron chi connectivity index (χ0n) is 9.29. The molecular formula is C13H10BrF2NO. The highest BCUT2D eigenvalue weighted by Gasteiger charge is 2.06. The van der Waals surface area contributed by atoms with E-state index in [-0.39, 0.29) is 12.4 Å². The molecule has 0 unspecified atom stereocenters. The molecule has 2 aromatic carbocycles. The van der Waals surface area contributed by atoms with Crippen molar-refractivity contribution in [2.24, 2.45) is 0 Å². The summed E-state index contributed by atoms with van der Waals surface area (Å²) in [6, 6.07) is 8.35. The van der Waals surface area contributed by atoms with Crippen LogP contribution in [0.1, 0.15) is 5.56 Å². The smallest absolute Gasteiger partial charge is 0.165 e. The molecule has 0 heterocycles. The number of ether oxygens (including phenoxy) is 1. The molecule has 0 aliphatic carbocycles. The Balaban J connectivity index is 2.11. The molecule has 0 atom stereocenters. The molecule has 0 saturated carbocycles. The first kappa shape index (κ1) is 12.8. The van der Waals surface area contributed by atoms with Gasteiger partial charge in [0.15, 0.2) is 11.6 Å². The molecule has 0 fully saturated rings. The number of anilines is 1. The third-order valence-electron chi connectivity index (χ3n) is 2.35. The first-order chi connectivity index (χ1) is 8.56. The molecule has 0 aliphatic rings. The van der Waals surface area contributed by atoms with Crippen LogP contribution in [0.25, 0.3) is 0 Å². The van der Waals surface area contributed by atoms with Crippen LogP contribution < -0.4 is 10.5 Å². The molecule has 18 heavy (non-hydrogen) atoms. The highest BCUT2D eigenvalue weighted by atomic mass is 79.9. The summed E-state index contributed by atoms with van der Waals surface area (Å²) >= 11 is 3.27. The van der Waals surface area contributed by atoms with E-state index >= 15 is 0 Å². The fourth-order valence-corrected chi connectivity index (χ4v) is 1.68. The molecular weight excluding hydrogens is 304 g/mol. The van der Waals surface area contributed by atoms with Gasteiger partial charge in [0.05, 0.1) is 0 Å². The van der Waals surface area contributed by atoms with E-state index in [1.165, 1.54) is 0 Å². The van der Waals surface area contributed by atoms with Crippen LogP contribution in [0.3, 0.4) is 0 Å². The van der Waals surface area contributed by atoms with Gasteiger partial charge in [-0.05, 0) is 45.8 Å². The Morgan fingerprint density at radius 1 is 1.11 bits per heavy atom. The van der Waals surface area contributed by atoms with E-state index in [0.29, 0.717) is 5.69 Å². The number of halogens is 3. The van der Waals surface area contributed by atoms with Gasteiger partial charge < -0.3 is 10.5 Å². The quantitative estimate of drug-likeness (QED) is 0.873. The Morgan fingerprint density at radius 2 is 1.89 bits per heavy atom. The van der Waals surface area contributed by atoms with Crippen LogP contribution >= 0.6 is 15.9 Å². The Morgan fingerprint density at radius 3 is 2.61 bits per heavy atom. The van der Waals surface area contributed by atoms with E-state index < -0.39 is 11.6 Å². The number of nitrogen functional groups attached to an aromatic ring is 1. The zero-order chi connectivity index (χ0) is 13.1. The number of hydrogen-bond donors (Lipinski definition) is 1. The molecule has 2 nitrogen and oxygen atoms in total. The van der Waals surface area contributed by atoms with Crippen molar-refractivity contribution in [1.82, 2.24) is 0 Å². The monoisotopic (exact) mass is 313 g/mol. The maximum Gasteiger partial charge on any atom is 0.165 e. The van der Waals surface area contributed by atoms with Crippen LogP contribution in [0.15, 0.2) is 40.9 Å². The second kappa shape index (κ2) is 5.35. The van der Waals surface area contributed by atoms with Crippen LogP contribution in [-0.2, 0) is 6.61 Å². The van der Waals surface area contributed by atoms with Crippen molar-refractivity contribution in [3.8, 4) is 5.75 Å². The Bertz CT molecular complexity index is 575. The lowest BCUT2D eigenvalue weighted by atomic mass is 10.2. The van der Waals surface area contributed by atoms with Gasteiger partial charge in [-0.3, -0.25) is 0 Å². The van der Waals surface area contributed by atoms with Gasteiger partial charge in [0.25, 0.3) is 0 Å². The summed E-state index contributed by atoms with van der Waals surface area (Å²) in [7, 11) is 0. The van der Waals surface area contributed by atoms with E-state index in [1.54, 1.807) is 18.2 Å². The van der Waals surface area contributed by atoms with Crippen molar-refractivity contribution in [2.75, 3.05) is 5.73 Å². The summed E-state index contributed by atoms with van der Waals surface area (Å²) < 4.78 is 32.2. The molecule has 0 bridgehead atoms. The van der Waals surface area contributed by atoms with Crippen LogP contribution in [0.2, 0.25) is 0 Å². The van der Waals surface area contributed by atoms with E-state index in [4.69, 9.17) is 10.5 Å². The van der Waals surface area contributed by atoms with Gasteiger partial charge in [0.1, 0.15) is 12.4 Å². The van der Waals surface area contributed by atoms with Gasteiger partial charge in [0, 0.05) is 16.2 Å². The molecule has 0 spiro atoms. The molecule has 94 valence electrons. The summed E-state index contributed by atoms with van der Waals surface area (Å²) in [5.74, 6) is -1.25. The summed E-state index contributed by atoms with van der Waals surface area (Å²) in [4.78, 5) is 0. The van der Waals surface area contributed by atoms with Crippen LogP contribution in [0.4, 0.5) is 14.5 Å². The molecule has 2 N–H and O–H groups in total. The standard InChI is InChI=1S/C13H10BrF2NO/c14-10-3-1-8(5-12(10)17)7-18-13-6-9(15)2-4-11(13)16/h1-6H,7,17H2. The second-order valence-electron chi connectivity index (χ2n) is 3.72. The predicted molar refractivity (Wildman–Crippen MR) is 69.2 cm³/mol. The van der Waals surface area contributed by atoms with Crippen LogP contribution in [-0.4, -0.2) is 0 Å². The number of nitrogens with two attached hydrogens (primary N) is 1. The molecule has 0 radical (unpaired) electrons. The highest BCUT2D eigenvalue weighted by molar-refractivity contribution is 9.10. The van der Waals surface area contributed by atoms with Gasteiger partial charge >= 0.3 is 0 Å². The maximum atomic E-state index is 13.3. The summed E-state index contributed by atoms with van der Waals surface area (Å²) in [6.07, 6.45) is 0. The van der Waals surface area contributed by atoms with E-state index in [9.17, 15) is 8.78 Å². The largest absolute Gasteiger partial charge is 0.486 e. The maximum absolute atomic E-state index is 13.3. The molecule has 0 amide bonds. The molecule has 0 aliphatic heterocycles. The van der Waals surface area contributed by atoms with Crippen molar-refractivity contribution in [2.45, 2.75) is 6.61 Å². The Hall–Kier alpha value is -1.62. The minimum Gasteiger partial charge on any atom is -0.486 e. The van der Waals surface area contributed by atoms with E-state index in [1.807, 2.05) is 0 Å². The second-order valence-corrected chi connectivity index (χ2v) is 4.57. The average molecular weight is 314 g/mol. The SMILES string of the molecule is Nc1cc(COc2cc(F)ccc2F)ccc1Br. The van der Waals surface area contributed by atoms with Gasteiger partial charge in [-0.2, -0.15) is 0 Å². The predicted octanol–water partition coefficient (Wildman–Crippen LogP) is 3.89. The third kappa shape index (κ3) is 2.98. The van der Waals surface area contributed by atoms with Crippen molar-refractivity contribution >= 4 is 21.6 Å². The first-order valence-electron chi connectivity index (χ1n) is 5.18. The molecule has 0 aromatic heterocycles. The van der Waals surface area contributed by atoms with Gasteiger partial charge in [-0.25, -0.2) is 8.78 Å². The van der Waals surface area contributed by atoms with Crippen molar-refractivity contribution < 1.29 is 13.5 Å². The molecule has 5 heteroatoms. The lowest BCUT2D eigenvalue weighted by Crippen LogP contribution is -1.99. The van der Waals surface area contributed by atoms with Crippen molar-refractivity contribution in [3.63, 3.8) is 0 Å². The number of rotatable bonds is 3. The Labute approximate surface area is 112 Å². The minimum absolute atomic E-state index is 0.114. The average Bonchev–Trinajstić information content (AvgIpc) is 2.34. The third-order valence-corrected chi connectivity index (χ3v) is 3.07. The topological polar surface area (TPSA) is 35.2 Å². The molecule has 2 aromatic rings. The number of hydrogen-bond acceptors (Lipinski definition) is 2. The molecule has 0 saturated heterocycles. The number of benzene rings is 2. The molecule has 2 rings (SSSR count). The fraction of sp³-hybridized carbons (Fsp3) is 0.0769. The lowest BCUT2D eigenvalue weighted by molar-refractivity contribution is 0.288. The zero-order valence-corrected chi connectivity index (χ0v) is 10.9.